The van der Waals surface area contributed by atoms with E-state index in [2.05, 4.69) is 20.5 Å². The molecule has 0 aliphatic heterocycles. The Hall–Kier alpha value is -2.18. The van der Waals surface area contributed by atoms with Gasteiger partial charge in [-0.25, -0.2) is 14.3 Å². The van der Waals surface area contributed by atoms with E-state index in [0.29, 0.717) is 6.54 Å². The number of rotatable bonds is 5. The van der Waals surface area contributed by atoms with Gasteiger partial charge in [0.05, 0.1) is 11.9 Å². The fourth-order valence-corrected chi connectivity index (χ4v) is 1.77. The highest BCUT2D eigenvalue weighted by molar-refractivity contribution is 5.39. The summed E-state index contributed by atoms with van der Waals surface area (Å²) in [6, 6.07) is 1.81. The number of hydrogen-bond acceptors (Lipinski definition) is 5. The second-order valence-electron chi connectivity index (χ2n) is 4.53. The van der Waals surface area contributed by atoms with Crippen LogP contribution in [0.1, 0.15) is 26.6 Å². The van der Waals surface area contributed by atoms with Crippen LogP contribution in [0.3, 0.4) is 0 Å². The smallest absolute Gasteiger partial charge is 0.269 e. The van der Waals surface area contributed by atoms with Crippen molar-refractivity contribution in [3.8, 4) is 0 Å². The molecule has 0 saturated carbocycles. The summed E-state index contributed by atoms with van der Waals surface area (Å²) in [5.41, 5.74) is 0.574. The minimum atomic E-state index is -0.156. The first kappa shape index (κ1) is 13.3. The van der Waals surface area contributed by atoms with Gasteiger partial charge in [0.1, 0.15) is 18.7 Å². The van der Waals surface area contributed by atoms with Gasteiger partial charge in [-0.1, -0.05) is 0 Å². The predicted molar refractivity (Wildman–Crippen MR) is 72.1 cm³/mol. The number of hydrogen-bond donors (Lipinski definition) is 1. The van der Waals surface area contributed by atoms with E-state index >= 15 is 0 Å². The van der Waals surface area contributed by atoms with Gasteiger partial charge in [-0.05, 0) is 20.8 Å². The maximum absolute atomic E-state index is 12.0. The SMILES string of the molecule is CCn1ncnc1Cn1ncc(NC(C)C)cc1=O. The summed E-state index contributed by atoms with van der Waals surface area (Å²) in [7, 11) is 0. The van der Waals surface area contributed by atoms with Crippen molar-refractivity contribution in [1.82, 2.24) is 24.5 Å². The van der Waals surface area contributed by atoms with Crippen molar-refractivity contribution < 1.29 is 0 Å². The Morgan fingerprint density at radius 2 is 2.11 bits per heavy atom. The van der Waals surface area contributed by atoms with Gasteiger partial charge in [0.2, 0.25) is 0 Å². The molecule has 0 unspecified atom stereocenters. The van der Waals surface area contributed by atoms with Crippen LogP contribution in [0.4, 0.5) is 5.69 Å². The van der Waals surface area contributed by atoms with Gasteiger partial charge in [0, 0.05) is 18.7 Å². The van der Waals surface area contributed by atoms with Crippen LogP contribution in [0.15, 0.2) is 23.4 Å². The summed E-state index contributed by atoms with van der Waals surface area (Å²) in [5, 5.41) is 11.4. The van der Waals surface area contributed by atoms with Crippen molar-refractivity contribution >= 4 is 5.69 Å². The molecule has 0 aromatic carbocycles. The minimum absolute atomic E-state index is 0.156. The van der Waals surface area contributed by atoms with Gasteiger partial charge in [0.25, 0.3) is 5.56 Å². The Labute approximate surface area is 111 Å². The second kappa shape index (κ2) is 5.64. The fraction of sp³-hybridized carbons (Fsp3) is 0.500. The van der Waals surface area contributed by atoms with Crippen LogP contribution in [0.5, 0.6) is 0 Å². The van der Waals surface area contributed by atoms with E-state index in [0.717, 1.165) is 18.1 Å². The fourth-order valence-electron chi connectivity index (χ4n) is 1.77. The van der Waals surface area contributed by atoms with Gasteiger partial charge >= 0.3 is 0 Å². The Kier molecular flexibility index (Phi) is 3.94. The zero-order valence-electron chi connectivity index (χ0n) is 11.4. The van der Waals surface area contributed by atoms with Crippen LogP contribution < -0.4 is 10.9 Å². The van der Waals surface area contributed by atoms with Crippen LogP contribution in [-0.2, 0) is 13.1 Å². The summed E-state index contributed by atoms with van der Waals surface area (Å²) in [6.45, 7) is 7.04. The minimum Gasteiger partial charge on any atom is -0.381 e. The second-order valence-corrected chi connectivity index (χ2v) is 4.53. The molecule has 0 radical (unpaired) electrons. The number of aryl methyl sites for hydroxylation is 1. The van der Waals surface area contributed by atoms with E-state index in [4.69, 9.17) is 0 Å². The first-order valence-corrected chi connectivity index (χ1v) is 6.30. The highest BCUT2D eigenvalue weighted by Gasteiger charge is 2.07. The van der Waals surface area contributed by atoms with E-state index in [9.17, 15) is 4.79 Å². The largest absolute Gasteiger partial charge is 0.381 e. The molecular formula is C12H18N6O. The van der Waals surface area contributed by atoms with Crippen molar-refractivity contribution in [3.05, 3.63) is 34.8 Å². The lowest BCUT2D eigenvalue weighted by molar-refractivity contribution is 0.551. The molecule has 2 rings (SSSR count). The van der Waals surface area contributed by atoms with Crippen LogP contribution in [0.2, 0.25) is 0 Å². The summed E-state index contributed by atoms with van der Waals surface area (Å²) in [5.74, 6) is 0.724. The summed E-state index contributed by atoms with van der Waals surface area (Å²) in [4.78, 5) is 16.1. The van der Waals surface area contributed by atoms with Crippen LogP contribution in [0.25, 0.3) is 0 Å². The predicted octanol–water partition coefficient (Wildman–Crippen LogP) is 0.723. The van der Waals surface area contributed by atoms with Gasteiger partial charge in [-0.15, -0.1) is 0 Å². The standard InChI is InChI=1S/C12H18N6O/c1-4-17-11(13-8-15-17)7-18-12(19)5-10(6-14-18)16-9(2)3/h5-6,8-9,16H,4,7H2,1-3H3. The van der Waals surface area contributed by atoms with Crippen molar-refractivity contribution in [1.29, 1.82) is 0 Å². The molecule has 0 bridgehead atoms. The number of nitrogens with one attached hydrogen (secondary N) is 1. The van der Waals surface area contributed by atoms with E-state index in [1.54, 1.807) is 16.9 Å². The number of nitrogens with zero attached hydrogens (tertiary/aromatic N) is 5. The summed E-state index contributed by atoms with van der Waals surface area (Å²) < 4.78 is 3.12. The highest BCUT2D eigenvalue weighted by Crippen LogP contribution is 2.03. The topological polar surface area (TPSA) is 77.6 Å². The first-order chi connectivity index (χ1) is 9.10. The Morgan fingerprint density at radius 3 is 2.74 bits per heavy atom. The molecule has 102 valence electrons. The van der Waals surface area contributed by atoms with Crippen LogP contribution >= 0.6 is 0 Å². The molecule has 7 nitrogen and oxygen atoms in total. The van der Waals surface area contributed by atoms with Crippen molar-refractivity contribution in [2.75, 3.05) is 5.32 Å². The average Bonchev–Trinajstić information content (AvgIpc) is 2.79. The molecule has 0 amide bonds. The van der Waals surface area contributed by atoms with E-state index in [-0.39, 0.29) is 11.6 Å². The molecule has 7 heteroatoms. The Balaban J connectivity index is 2.20. The van der Waals surface area contributed by atoms with E-state index in [1.165, 1.54) is 11.0 Å². The van der Waals surface area contributed by atoms with Crippen LogP contribution in [-0.4, -0.2) is 30.6 Å². The number of anilines is 1. The van der Waals surface area contributed by atoms with Crippen LogP contribution in [0, 0.1) is 0 Å². The Bertz CT molecular complexity index is 600. The molecule has 0 saturated heterocycles. The Morgan fingerprint density at radius 1 is 1.32 bits per heavy atom. The molecule has 1 N–H and O–H groups in total. The lowest BCUT2D eigenvalue weighted by Gasteiger charge is -2.10. The molecule has 19 heavy (non-hydrogen) atoms. The normalized spacial score (nSPS) is 10.9. The summed E-state index contributed by atoms with van der Waals surface area (Å²) in [6.07, 6.45) is 3.13. The van der Waals surface area contributed by atoms with Gasteiger partial charge in [-0.3, -0.25) is 4.79 Å². The van der Waals surface area contributed by atoms with Crippen molar-refractivity contribution in [2.45, 2.75) is 39.9 Å². The molecular weight excluding hydrogens is 244 g/mol. The van der Waals surface area contributed by atoms with E-state index < -0.39 is 0 Å². The lowest BCUT2D eigenvalue weighted by atomic mass is 10.3. The third kappa shape index (κ3) is 3.18. The first-order valence-electron chi connectivity index (χ1n) is 6.30. The molecule has 2 heterocycles. The van der Waals surface area contributed by atoms with Crippen molar-refractivity contribution in [3.63, 3.8) is 0 Å². The molecule has 0 spiro atoms. The lowest BCUT2D eigenvalue weighted by Crippen LogP contribution is -2.25. The zero-order chi connectivity index (χ0) is 13.8. The highest BCUT2D eigenvalue weighted by atomic mass is 16.1. The molecule has 2 aromatic rings. The average molecular weight is 262 g/mol. The van der Waals surface area contributed by atoms with Crippen molar-refractivity contribution in [2.24, 2.45) is 0 Å². The quantitative estimate of drug-likeness (QED) is 0.859. The molecule has 0 aliphatic carbocycles. The summed E-state index contributed by atoms with van der Waals surface area (Å²) >= 11 is 0. The molecule has 2 aromatic heterocycles. The third-order valence-electron chi connectivity index (χ3n) is 2.61. The maximum Gasteiger partial charge on any atom is 0.269 e. The number of aromatic nitrogens is 5. The maximum atomic E-state index is 12.0. The molecule has 0 fully saturated rings. The zero-order valence-corrected chi connectivity index (χ0v) is 11.4. The van der Waals surface area contributed by atoms with E-state index in [1.807, 2.05) is 20.8 Å². The van der Waals surface area contributed by atoms with Gasteiger partial charge < -0.3 is 5.32 Å². The molecule has 0 aliphatic rings. The van der Waals surface area contributed by atoms with Gasteiger partial charge in [-0.2, -0.15) is 10.2 Å². The third-order valence-corrected chi connectivity index (χ3v) is 2.61. The van der Waals surface area contributed by atoms with Gasteiger partial charge in [0.15, 0.2) is 0 Å². The monoisotopic (exact) mass is 262 g/mol. The molecule has 0 atom stereocenters.